The molecule has 1 aliphatic rings. The zero-order valence-electron chi connectivity index (χ0n) is 15.8. The van der Waals surface area contributed by atoms with E-state index >= 15 is 0 Å². The second kappa shape index (κ2) is 9.01. The first-order valence-corrected chi connectivity index (χ1v) is 9.29. The standard InChI is InChI=1S/C23H22N2O3/c1-16-9-11-17(12-10-16)13-19(14-24)23(27)28-15-22(26)25-21-8-4-6-18-5-2-3-7-20(18)21/h2-3,5,7,9-13,21H,4,6,8,15H2,1H3,(H,25,26)/b19-13+/t21-/m1/s1. The second-order valence-corrected chi connectivity index (χ2v) is 6.87. The monoisotopic (exact) mass is 374 g/mol. The van der Waals surface area contributed by atoms with Crippen molar-refractivity contribution < 1.29 is 14.3 Å². The third-order valence-corrected chi connectivity index (χ3v) is 4.77. The molecule has 3 rings (SSSR count). The summed E-state index contributed by atoms with van der Waals surface area (Å²) in [6, 6.07) is 17.2. The average Bonchev–Trinajstić information content (AvgIpc) is 2.72. The predicted molar refractivity (Wildman–Crippen MR) is 106 cm³/mol. The molecular weight excluding hydrogens is 352 g/mol. The van der Waals surface area contributed by atoms with Crippen LogP contribution in [0, 0.1) is 18.3 Å². The van der Waals surface area contributed by atoms with Gasteiger partial charge in [0.25, 0.3) is 5.91 Å². The number of nitrogens with zero attached hydrogens (tertiary/aromatic N) is 1. The number of amides is 1. The van der Waals surface area contributed by atoms with Crippen molar-refractivity contribution in [2.24, 2.45) is 0 Å². The van der Waals surface area contributed by atoms with Gasteiger partial charge in [-0.25, -0.2) is 4.79 Å². The molecule has 0 unspecified atom stereocenters. The van der Waals surface area contributed by atoms with Crippen LogP contribution in [-0.4, -0.2) is 18.5 Å². The van der Waals surface area contributed by atoms with Gasteiger partial charge in [0, 0.05) is 0 Å². The highest BCUT2D eigenvalue weighted by atomic mass is 16.5. The van der Waals surface area contributed by atoms with Gasteiger partial charge < -0.3 is 10.1 Å². The number of nitrogens with one attached hydrogen (secondary N) is 1. The molecule has 5 heteroatoms. The summed E-state index contributed by atoms with van der Waals surface area (Å²) >= 11 is 0. The molecule has 28 heavy (non-hydrogen) atoms. The normalized spacial score (nSPS) is 15.9. The average molecular weight is 374 g/mol. The molecule has 0 heterocycles. The van der Waals surface area contributed by atoms with E-state index in [0.29, 0.717) is 0 Å². The fraction of sp³-hybridized carbons (Fsp3) is 0.261. The summed E-state index contributed by atoms with van der Waals surface area (Å²) in [5, 5.41) is 12.2. The molecule has 1 N–H and O–H groups in total. The topological polar surface area (TPSA) is 79.2 Å². The van der Waals surface area contributed by atoms with Crippen LogP contribution in [0.5, 0.6) is 0 Å². The third kappa shape index (κ3) is 4.86. The molecule has 0 radical (unpaired) electrons. The molecule has 1 atom stereocenters. The van der Waals surface area contributed by atoms with Crippen molar-refractivity contribution in [1.29, 1.82) is 5.26 Å². The largest absolute Gasteiger partial charge is 0.451 e. The van der Waals surface area contributed by atoms with Crippen molar-refractivity contribution in [3.63, 3.8) is 0 Å². The minimum Gasteiger partial charge on any atom is -0.451 e. The molecule has 0 aliphatic heterocycles. The van der Waals surface area contributed by atoms with Crippen LogP contribution in [0.1, 0.15) is 41.1 Å². The maximum Gasteiger partial charge on any atom is 0.349 e. The first kappa shape index (κ1) is 19.4. The fourth-order valence-corrected chi connectivity index (χ4v) is 3.31. The maximum absolute atomic E-state index is 12.2. The summed E-state index contributed by atoms with van der Waals surface area (Å²) in [6.45, 7) is 1.54. The molecule has 142 valence electrons. The number of rotatable bonds is 5. The van der Waals surface area contributed by atoms with Crippen molar-refractivity contribution in [2.45, 2.75) is 32.2 Å². The van der Waals surface area contributed by atoms with Gasteiger partial charge in [0.15, 0.2) is 6.61 Å². The summed E-state index contributed by atoms with van der Waals surface area (Å²) < 4.78 is 5.04. The number of fused-ring (bicyclic) bond motifs is 1. The maximum atomic E-state index is 12.2. The Kier molecular flexibility index (Phi) is 6.23. The van der Waals surface area contributed by atoms with E-state index in [1.54, 1.807) is 0 Å². The molecular formula is C23H22N2O3. The Morgan fingerprint density at radius 1 is 1.21 bits per heavy atom. The van der Waals surface area contributed by atoms with Crippen LogP contribution in [-0.2, 0) is 20.7 Å². The lowest BCUT2D eigenvalue weighted by atomic mass is 9.88. The summed E-state index contributed by atoms with van der Waals surface area (Å²) in [6.07, 6.45) is 4.32. The van der Waals surface area contributed by atoms with Crippen LogP contribution in [0.2, 0.25) is 0 Å². The Labute approximate surface area is 164 Å². The van der Waals surface area contributed by atoms with Gasteiger partial charge in [0.2, 0.25) is 0 Å². The van der Waals surface area contributed by atoms with E-state index in [2.05, 4.69) is 11.4 Å². The van der Waals surface area contributed by atoms with E-state index in [9.17, 15) is 14.9 Å². The van der Waals surface area contributed by atoms with Crippen molar-refractivity contribution in [1.82, 2.24) is 5.32 Å². The minimum atomic E-state index is -0.803. The summed E-state index contributed by atoms with van der Waals surface area (Å²) in [7, 11) is 0. The number of ether oxygens (including phenoxy) is 1. The zero-order valence-corrected chi connectivity index (χ0v) is 15.8. The van der Waals surface area contributed by atoms with E-state index in [1.165, 1.54) is 11.6 Å². The lowest BCUT2D eigenvalue weighted by Gasteiger charge is -2.26. The van der Waals surface area contributed by atoms with Gasteiger partial charge in [-0.05, 0) is 49.0 Å². The highest BCUT2D eigenvalue weighted by Crippen LogP contribution is 2.29. The van der Waals surface area contributed by atoms with Crippen molar-refractivity contribution in [3.8, 4) is 6.07 Å². The van der Waals surface area contributed by atoms with E-state index in [4.69, 9.17) is 4.74 Å². The van der Waals surface area contributed by atoms with Crippen molar-refractivity contribution in [3.05, 3.63) is 76.4 Å². The van der Waals surface area contributed by atoms with E-state index < -0.39 is 12.6 Å². The van der Waals surface area contributed by atoms with Gasteiger partial charge in [0.1, 0.15) is 11.6 Å². The number of carbonyl (C=O) groups excluding carboxylic acids is 2. The molecule has 0 aromatic heterocycles. The third-order valence-electron chi connectivity index (χ3n) is 4.77. The van der Waals surface area contributed by atoms with Crippen LogP contribution in [0.3, 0.4) is 0 Å². The van der Waals surface area contributed by atoms with Crippen LogP contribution in [0.25, 0.3) is 6.08 Å². The Balaban J connectivity index is 1.57. The number of nitriles is 1. The van der Waals surface area contributed by atoms with Gasteiger partial charge in [0.05, 0.1) is 6.04 Å². The fourth-order valence-electron chi connectivity index (χ4n) is 3.31. The summed E-state index contributed by atoms with van der Waals surface area (Å²) in [5.74, 6) is -1.18. The second-order valence-electron chi connectivity index (χ2n) is 6.87. The van der Waals surface area contributed by atoms with E-state index in [1.807, 2.05) is 55.5 Å². The SMILES string of the molecule is Cc1ccc(/C=C(\C#N)C(=O)OCC(=O)N[C@@H]2CCCc3ccccc32)cc1. The van der Waals surface area contributed by atoms with Crippen LogP contribution in [0.15, 0.2) is 54.1 Å². The molecule has 0 saturated carbocycles. The number of aryl methyl sites for hydroxylation is 2. The summed E-state index contributed by atoms with van der Waals surface area (Å²) in [4.78, 5) is 24.4. The lowest BCUT2D eigenvalue weighted by Crippen LogP contribution is -2.34. The Hall–Kier alpha value is -3.39. The number of hydrogen-bond donors (Lipinski definition) is 1. The van der Waals surface area contributed by atoms with Crippen LogP contribution < -0.4 is 5.32 Å². The molecule has 1 amide bonds. The Morgan fingerprint density at radius 3 is 2.71 bits per heavy atom. The van der Waals surface area contributed by atoms with Gasteiger partial charge in [-0.2, -0.15) is 5.26 Å². The Bertz CT molecular complexity index is 939. The number of esters is 1. The zero-order chi connectivity index (χ0) is 19.9. The number of benzene rings is 2. The van der Waals surface area contributed by atoms with E-state index in [-0.39, 0.29) is 17.5 Å². The molecule has 0 saturated heterocycles. The van der Waals surface area contributed by atoms with Crippen molar-refractivity contribution in [2.75, 3.05) is 6.61 Å². The minimum absolute atomic E-state index is 0.0744. The highest BCUT2D eigenvalue weighted by Gasteiger charge is 2.22. The van der Waals surface area contributed by atoms with Gasteiger partial charge in [-0.15, -0.1) is 0 Å². The molecule has 0 spiro atoms. The number of carbonyl (C=O) groups is 2. The smallest absolute Gasteiger partial charge is 0.349 e. The number of hydrogen-bond acceptors (Lipinski definition) is 4. The molecule has 0 bridgehead atoms. The quantitative estimate of drug-likeness (QED) is 0.492. The molecule has 2 aromatic carbocycles. The predicted octanol–water partition coefficient (Wildman–Crippen LogP) is 3.64. The molecule has 0 fully saturated rings. The van der Waals surface area contributed by atoms with Gasteiger partial charge in [-0.3, -0.25) is 4.79 Å². The summed E-state index contributed by atoms with van der Waals surface area (Å²) in [5.41, 5.74) is 4.02. The lowest BCUT2D eigenvalue weighted by molar-refractivity contribution is -0.144. The van der Waals surface area contributed by atoms with Crippen LogP contribution in [0.4, 0.5) is 0 Å². The van der Waals surface area contributed by atoms with Gasteiger partial charge in [-0.1, -0.05) is 54.1 Å². The molecule has 5 nitrogen and oxygen atoms in total. The molecule has 1 aliphatic carbocycles. The first-order valence-electron chi connectivity index (χ1n) is 9.29. The van der Waals surface area contributed by atoms with Gasteiger partial charge >= 0.3 is 5.97 Å². The highest BCUT2D eigenvalue weighted by molar-refractivity contribution is 5.98. The van der Waals surface area contributed by atoms with E-state index in [0.717, 1.165) is 36.0 Å². The van der Waals surface area contributed by atoms with Crippen molar-refractivity contribution >= 4 is 18.0 Å². The Morgan fingerprint density at radius 2 is 1.96 bits per heavy atom. The first-order chi connectivity index (χ1) is 13.6. The molecule has 2 aromatic rings. The van der Waals surface area contributed by atoms with Crippen LogP contribution >= 0.6 is 0 Å².